The molecule has 6 nitrogen and oxygen atoms in total. The summed E-state index contributed by atoms with van der Waals surface area (Å²) in [6.07, 6.45) is 0.431. The Morgan fingerprint density at radius 3 is 2.53 bits per heavy atom. The Morgan fingerprint density at radius 1 is 1.47 bits per heavy atom. The first-order chi connectivity index (χ1) is 6.91. The molecule has 0 radical (unpaired) electrons. The highest BCUT2D eigenvalue weighted by Crippen LogP contribution is 2.26. The third-order valence-electron chi connectivity index (χ3n) is 2.91. The van der Waals surface area contributed by atoms with E-state index in [2.05, 4.69) is 0 Å². The Kier molecular flexibility index (Phi) is 2.22. The van der Waals surface area contributed by atoms with Gasteiger partial charge in [-0.05, 0) is 6.42 Å². The standard InChI is InChI=1S/C8H11NO5S/c10-7-6(8(11)12)3-9(7)5-1-2-15(13,14)4-5/h5-6H,1-4H2,(H,11,12). The first kappa shape index (κ1) is 10.4. The van der Waals surface area contributed by atoms with E-state index in [0.717, 1.165) is 0 Å². The van der Waals surface area contributed by atoms with Gasteiger partial charge in [0.1, 0.15) is 0 Å². The fourth-order valence-electron chi connectivity index (χ4n) is 1.99. The minimum absolute atomic E-state index is 0.0227. The van der Waals surface area contributed by atoms with Gasteiger partial charge >= 0.3 is 5.97 Å². The lowest BCUT2D eigenvalue weighted by atomic mass is 9.96. The molecule has 2 atom stereocenters. The molecule has 2 rings (SSSR count). The van der Waals surface area contributed by atoms with Crippen molar-refractivity contribution in [3.05, 3.63) is 0 Å². The second-order valence-electron chi connectivity index (χ2n) is 3.94. The van der Waals surface area contributed by atoms with Crippen LogP contribution < -0.4 is 0 Å². The predicted molar refractivity (Wildman–Crippen MR) is 49.9 cm³/mol. The van der Waals surface area contributed by atoms with E-state index in [4.69, 9.17) is 5.11 Å². The number of carbonyl (C=O) groups excluding carboxylic acids is 1. The molecule has 84 valence electrons. The molecule has 2 fully saturated rings. The lowest BCUT2D eigenvalue weighted by Crippen LogP contribution is -2.59. The fraction of sp³-hybridized carbons (Fsp3) is 0.750. The van der Waals surface area contributed by atoms with Crippen LogP contribution in [-0.2, 0) is 19.4 Å². The molecule has 0 aromatic carbocycles. The maximum atomic E-state index is 11.4. The predicted octanol–water partition coefficient (Wildman–Crippen LogP) is -1.28. The number of carboxylic acid groups (broad SMARTS) is 1. The molecule has 2 unspecified atom stereocenters. The number of aliphatic carboxylic acids is 1. The minimum Gasteiger partial charge on any atom is -0.481 e. The normalized spacial score (nSPS) is 33.9. The van der Waals surface area contributed by atoms with E-state index in [1.54, 1.807) is 0 Å². The van der Waals surface area contributed by atoms with E-state index in [-0.39, 0.29) is 24.1 Å². The van der Waals surface area contributed by atoms with Crippen molar-refractivity contribution >= 4 is 21.7 Å². The molecule has 15 heavy (non-hydrogen) atoms. The zero-order valence-corrected chi connectivity index (χ0v) is 8.74. The highest BCUT2D eigenvalue weighted by molar-refractivity contribution is 7.91. The molecule has 2 saturated heterocycles. The number of nitrogens with zero attached hydrogens (tertiary/aromatic N) is 1. The van der Waals surface area contributed by atoms with Gasteiger partial charge in [-0.3, -0.25) is 9.59 Å². The molecule has 1 N–H and O–H groups in total. The van der Waals surface area contributed by atoms with Gasteiger partial charge in [0.25, 0.3) is 0 Å². The Labute approximate surface area is 86.8 Å². The smallest absolute Gasteiger partial charge is 0.317 e. The first-order valence-corrected chi connectivity index (χ1v) is 6.46. The Hall–Kier alpha value is -1.11. The molecular formula is C8H11NO5S. The number of carbonyl (C=O) groups is 2. The SMILES string of the molecule is O=C(O)C1CN(C2CCS(=O)(=O)C2)C1=O. The average molecular weight is 233 g/mol. The molecule has 1 amide bonds. The first-order valence-electron chi connectivity index (χ1n) is 4.64. The van der Waals surface area contributed by atoms with Gasteiger partial charge in [-0.1, -0.05) is 0 Å². The Balaban J connectivity index is 2.00. The molecule has 2 aliphatic rings. The Bertz CT molecular complexity index is 415. The van der Waals surface area contributed by atoms with Crippen molar-refractivity contribution < 1.29 is 23.1 Å². The minimum atomic E-state index is -3.02. The number of rotatable bonds is 2. The van der Waals surface area contributed by atoms with Gasteiger partial charge in [-0.15, -0.1) is 0 Å². The van der Waals surface area contributed by atoms with Crippen molar-refractivity contribution in [1.29, 1.82) is 0 Å². The lowest BCUT2D eigenvalue weighted by Gasteiger charge is -2.39. The largest absolute Gasteiger partial charge is 0.481 e. The number of sulfone groups is 1. The summed E-state index contributed by atoms with van der Waals surface area (Å²) in [6.45, 7) is 0.147. The zero-order chi connectivity index (χ0) is 11.2. The van der Waals surface area contributed by atoms with Crippen LogP contribution in [0.3, 0.4) is 0 Å². The van der Waals surface area contributed by atoms with E-state index in [0.29, 0.717) is 6.42 Å². The maximum Gasteiger partial charge on any atom is 0.317 e. The Morgan fingerprint density at radius 2 is 2.13 bits per heavy atom. The molecule has 0 aromatic heterocycles. The van der Waals surface area contributed by atoms with Gasteiger partial charge in [0.15, 0.2) is 15.8 Å². The van der Waals surface area contributed by atoms with Gasteiger partial charge < -0.3 is 10.0 Å². The molecule has 0 aromatic rings. The molecule has 0 bridgehead atoms. The average Bonchev–Trinajstić information content (AvgIpc) is 2.43. The summed E-state index contributed by atoms with van der Waals surface area (Å²) in [7, 11) is -3.02. The third-order valence-corrected chi connectivity index (χ3v) is 4.66. The van der Waals surface area contributed by atoms with Crippen molar-refractivity contribution in [2.24, 2.45) is 5.92 Å². The highest BCUT2D eigenvalue weighted by Gasteiger charge is 2.47. The molecule has 7 heteroatoms. The van der Waals surface area contributed by atoms with Crippen LogP contribution in [0.4, 0.5) is 0 Å². The molecular weight excluding hydrogens is 222 g/mol. The van der Waals surface area contributed by atoms with Crippen molar-refractivity contribution in [2.75, 3.05) is 18.1 Å². The topological polar surface area (TPSA) is 91.8 Å². The number of hydrogen-bond acceptors (Lipinski definition) is 4. The van der Waals surface area contributed by atoms with Crippen LogP contribution in [0.1, 0.15) is 6.42 Å². The second-order valence-corrected chi connectivity index (χ2v) is 6.17. The highest BCUT2D eigenvalue weighted by atomic mass is 32.2. The van der Waals surface area contributed by atoms with E-state index in [9.17, 15) is 18.0 Å². The summed E-state index contributed by atoms with van der Waals surface area (Å²) in [6, 6.07) is -0.307. The van der Waals surface area contributed by atoms with E-state index in [1.807, 2.05) is 0 Å². The molecule has 2 heterocycles. The lowest BCUT2D eigenvalue weighted by molar-refractivity contribution is -0.164. The molecule has 0 saturated carbocycles. The second kappa shape index (κ2) is 3.19. The fourth-order valence-corrected chi connectivity index (χ4v) is 3.72. The number of β-lactam (4-membered cyclic amide) rings is 1. The summed E-state index contributed by atoms with van der Waals surface area (Å²) in [5, 5.41) is 8.60. The summed E-state index contributed by atoms with van der Waals surface area (Å²) in [5.41, 5.74) is 0. The van der Waals surface area contributed by atoms with Crippen LogP contribution in [0.2, 0.25) is 0 Å². The number of likely N-dealkylation sites (tertiary alicyclic amines) is 1. The van der Waals surface area contributed by atoms with Crippen LogP contribution in [0, 0.1) is 5.92 Å². The van der Waals surface area contributed by atoms with Crippen molar-refractivity contribution in [1.82, 2.24) is 4.90 Å². The van der Waals surface area contributed by atoms with E-state index in [1.165, 1.54) is 4.90 Å². The van der Waals surface area contributed by atoms with Gasteiger partial charge in [-0.2, -0.15) is 0 Å². The van der Waals surface area contributed by atoms with Crippen LogP contribution in [0.15, 0.2) is 0 Å². The molecule has 2 aliphatic heterocycles. The van der Waals surface area contributed by atoms with Crippen molar-refractivity contribution in [2.45, 2.75) is 12.5 Å². The number of carboxylic acids is 1. The summed E-state index contributed by atoms with van der Waals surface area (Å²) < 4.78 is 22.3. The maximum absolute atomic E-state index is 11.4. The van der Waals surface area contributed by atoms with Crippen LogP contribution >= 0.6 is 0 Å². The zero-order valence-electron chi connectivity index (χ0n) is 7.92. The summed E-state index contributed by atoms with van der Waals surface area (Å²) in [5.74, 6) is -2.47. The van der Waals surface area contributed by atoms with Crippen LogP contribution in [0.25, 0.3) is 0 Å². The quantitative estimate of drug-likeness (QED) is 0.473. The third kappa shape index (κ3) is 1.71. The monoisotopic (exact) mass is 233 g/mol. The summed E-state index contributed by atoms with van der Waals surface area (Å²) in [4.78, 5) is 23.2. The van der Waals surface area contributed by atoms with Crippen LogP contribution in [-0.4, -0.2) is 54.4 Å². The number of hydrogen-bond donors (Lipinski definition) is 1. The van der Waals surface area contributed by atoms with Gasteiger partial charge in [-0.25, -0.2) is 8.42 Å². The van der Waals surface area contributed by atoms with E-state index >= 15 is 0 Å². The molecule has 0 aliphatic carbocycles. The van der Waals surface area contributed by atoms with Gasteiger partial charge in [0.05, 0.1) is 11.5 Å². The van der Waals surface area contributed by atoms with E-state index < -0.39 is 27.6 Å². The summed E-state index contributed by atoms with van der Waals surface area (Å²) >= 11 is 0. The van der Waals surface area contributed by atoms with Crippen molar-refractivity contribution in [3.8, 4) is 0 Å². The number of amides is 1. The van der Waals surface area contributed by atoms with Gasteiger partial charge in [0, 0.05) is 12.6 Å². The molecule has 0 spiro atoms. The van der Waals surface area contributed by atoms with Crippen molar-refractivity contribution in [3.63, 3.8) is 0 Å². The van der Waals surface area contributed by atoms with Crippen LogP contribution in [0.5, 0.6) is 0 Å². The van der Waals surface area contributed by atoms with Gasteiger partial charge in [0.2, 0.25) is 5.91 Å².